The van der Waals surface area contributed by atoms with E-state index in [1.807, 2.05) is 48.8 Å². The number of benzene rings is 2. The molecule has 2 aromatic carbocycles. The lowest BCUT2D eigenvalue weighted by molar-refractivity contribution is -0.238. The van der Waals surface area contributed by atoms with Crippen LogP contribution in [0.4, 0.5) is 8.78 Å². The number of aromatic nitrogens is 5. The van der Waals surface area contributed by atoms with Crippen LogP contribution in [0.25, 0.3) is 33.6 Å². The summed E-state index contributed by atoms with van der Waals surface area (Å²) < 4.78 is 30.8. The van der Waals surface area contributed by atoms with Gasteiger partial charge in [0.25, 0.3) is 5.56 Å². The van der Waals surface area contributed by atoms with Crippen molar-refractivity contribution in [2.24, 2.45) is 0 Å². The summed E-state index contributed by atoms with van der Waals surface area (Å²) in [5.74, 6) is -1.41. The third-order valence-corrected chi connectivity index (χ3v) is 7.48. The van der Waals surface area contributed by atoms with Crippen molar-refractivity contribution in [1.29, 1.82) is 0 Å². The third kappa shape index (κ3) is 6.98. The fraction of sp³-hybridized carbons (Fsp3) is 0.294. The number of piperidine rings is 1. The molecule has 8 nitrogen and oxygen atoms in total. The molecule has 0 saturated carbocycles. The first-order valence-electron chi connectivity index (χ1n) is 14.7. The van der Waals surface area contributed by atoms with Crippen molar-refractivity contribution < 1.29 is 13.6 Å². The average molecular weight is 597 g/mol. The highest BCUT2D eigenvalue weighted by molar-refractivity contribution is 5.66. The molecular weight excluding hydrogens is 562 g/mol. The van der Waals surface area contributed by atoms with Gasteiger partial charge in [-0.3, -0.25) is 19.3 Å². The number of hydroxylamine groups is 2. The molecule has 1 fully saturated rings. The molecule has 0 bridgehead atoms. The van der Waals surface area contributed by atoms with E-state index in [1.165, 1.54) is 28.9 Å². The van der Waals surface area contributed by atoms with Gasteiger partial charge in [-0.15, -0.1) is 0 Å². The lowest BCUT2D eigenvalue weighted by atomic mass is 10.1. The first-order valence-corrected chi connectivity index (χ1v) is 14.7. The lowest BCUT2D eigenvalue weighted by Gasteiger charge is -2.35. The molecule has 0 atom stereocenters. The van der Waals surface area contributed by atoms with Crippen LogP contribution in [-0.4, -0.2) is 48.3 Å². The number of hydrogen-bond donors (Lipinski definition) is 0. The van der Waals surface area contributed by atoms with E-state index < -0.39 is 11.6 Å². The minimum absolute atomic E-state index is 0.191. The van der Waals surface area contributed by atoms with E-state index in [0.29, 0.717) is 11.7 Å². The van der Waals surface area contributed by atoms with Crippen molar-refractivity contribution in [2.45, 2.75) is 51.8 Å². The molecule has 3 aromatic heterocycles. The predicted molar refractivity (Wildman–Crippen MR) is 165 cm³/mol. The number of halogens is 2. The highest BCUT2D eigenvalue weighted by atomic mass is 19.1. The third-order valence-electron chi connectivity index (χ3n) is 7.48. The maximum Gasteiger partial charge on any atom is 0.267 e. The summed E-state index contributed by atoms with van der Waals surface area (Å²) >= 11 is 0. The lowest BCUT2D eigenvalue weighted by Crippen LogP contribution is -2.40. The largest absolute Gasteiger partial charge is 0.293 e. The molecule has 5 aromatic rings. The van der Waals surface area contributed by atoms with E-state index in [0.717, 1.165) is 59.9 Å². The molecule has 0 N–H and O–H groups in total. The average Bonchev–Trinajstić information content (AvgIpc) is 3.48. The Kier molecular flexibility index (Phi) is 8.20. The van der Waals surface area contributed by atoms with Gasteiger partial charge in [0.1, 0.15) is 11.6 Å². The monoisotopic (exact) mass is 596 g/mol. The molecule has 0 spiro atoms. The SMILES string of the molecule is CC(C)(C)ON1CCC(n2cc(-c3ccc(-c4cccc(Cn5nc(-c6cc(F)cc(F)c6)ccc5=O)c4)nc3)cn2)CC1. The molecule has 0 radical (unpaired) electrons. The molecular formula is C34H34F2N6O2. The molecule has 0 amide bonds. The van der Waals surface area contributed by atoms with Crippen molar-refractivity contribution in [1.82, 2.24) is 29.6 Å². The molecule has 1 aliphatic rings. The molecule has 4 heterocycles. The van der Waals surface area contributed by atoms with E-state index in [1.54, 1.807) is 0 Å². The molecule has 6 rings (SSSR count). The van der Waals surface area contributed by atoms with E-state index in [-0.39, 0.29) is 23.3 Å². The normalized spacial score (nSPS) is 14.7. The van der Waals surface area contributed by atoms with Gasteiger partial charge in [0, 0.05) is 59.9 Å². The van der Waals surface area contributed by atoms with Crippen LogP contribution in [0.15, 0.2) is 90.1 Å². The van der Waals surface area contributed by atoms with Crippen LogP contribution in [0.1, 0.15) is 45.2 Å². The second-order valence-electron chi connectivity index (χ2n) is 12.1. The van der Waals surface area contributed by atoms with Crippen LogP contribution in [0.5, 0.6) is 0 Å². The Morgan fingerprint density at radius 2 is 1.59 bits per heavy atom. The molecule has 0 unspecified atom stereocenters. The Hall–Kier alpha value is -4.54. The summed E-state index contributed by atoms with van der Waals surface area (Å²) in [5.41, 5.74) is 4.57. The first kappa shape index (κ1) is 29.5. The van der Waals surface area contributed by atoms with Crippen LogP contribution in [0, 0.1) is 11.6 Å². The zero-order chi connectivity index (χ0) is 30.8. The summed E-state index contributed by atoms with van der Waals surface area (Å²) in [4.78, 5) is 23.3. The first-order chi connectivity index (χ1) is 21.1. The van der Waals surface area contributed by atoms with Gasteiger partial charge in [-0.05, 0) is 69.5 Å². The summed E-state index contributed by atoms with van der Waals surface area (Å²) in [5, 5.41) is 11.1. The van der Waals surface area contributed by atoms with Gasteiger partial charge < -0.3 is 0 Å². The second-order valence-corrected chi connectivity index (χ2v) is 12.1. The Labute approximate surface area is 254 Å². The second kappa shape index (κ2) is 12.2. The van der Waals surface area contributed by atoms with Gasteiger partial charge in [-0.1, -0.05) is 24.3 Å². The van der Waals surface area contributed by atoms with E-state index in [4.69, 9.17) is 9.82 Å². The van der Waals surface area contributed by atoms with Gasteiger partial charge in [-0.2, -0.15) is 15.3 Å². The van der Waals surface area contributed by atoms with Crippen LogP contribution in [0.3, 0.4) is 0 Å². The zero-order valence-corrected chi connectivity index (χ0v) is 25.0. The summed E-state index contributed by atoms with van der Waals surface area (Å²) in [6, 6.07) is 18.0. The minimum Gasteiger partial charge on any atom is -0.293 e. The number of pyridine rings is 1. The molecule has 1 aliphatic heterocycles. The molecule has 10 heteroatoms. The van der Waals surface area contributed by atoms with Crippen molar-refractivity contribution in [3.05, 3.63) is 113 Å². The Morgan fingerprint density at radius 1 is 0.841 bits per heavy atom. The van der Waals surface area contributed by atoms with Crippen LogP contribution in [-0.2, 0) is 11.4 Å². The fourth-order valence-corrected chi connectivity index (χ4v) is 5.43. The molecule has 44 heavy (non-hydrogen) atoms. The van der Waals surface area contributed by atoms with E-state index >= 15 is 0 Å². The Balaban J connectivity index is 1.14. The van der Waals surface area contributed by atoms with Gasteiger partial charge in [0.15, 0.2) is 0 Å². The zero-order valence-electron chi connectivity index (χ0n) is 25.0. The van der Waals surface area contributed by atoms with Gasteiger partial charge in [0.2, 0.25) is 0 Å². The highest BCUT2D eigenvalue weighted by Crippen LogP contribution is 2.28. The summed E-state index contributed by atoms with van der Waals surface area (Å²) in [6.07, 6.45) is 7.75. The molecule has 226 valence electrons. The van der Waals surface area contributed by atoms with Gasteiger partial charge >= 0.3 is 0 Å². The van der Waals surface area contributed by atoms with Crippen LogP contribution >= 0.6 is 0 Å². The number of nitrogens with zero attached hydrogens (tertiary/aromatic N) is 6. The predicted octanol–water partition coefficient (Wildman–Crippen LogP) is 6.53. The fourth-order valence-electron chi connectivity index (χ4n) is 5.43. The van der Waals surface area contributed by atoms with Crippen LogP contribution < -0.4 is 5.56 Å². The van der Waals surface area contributed by atoms with E-state index in [2.05, 4.69) is 46.9 Å². The standard InChI is InChI=1S/C34H34F2N6O2/c1-34(2,3)44-40-13-11-30(12-14-40)41-22-27(20-38-41)25-7-8-31(37-19-25)24-6-4-5-23(15-24)21-42-33(43)10-9-32(39-42)26-16-28(35)18-29(36)17-26/h4-10,15-20,22,30H,11-14,21H2,1-3H3. The molecule has 0 aliphatic carbocycles. The Bertz CT molecular complexity index is 1800. The van der Waals surface area contributed by atoms with Gasteiger partial charge in [0.05, 0.1) is 35.8 Å². The number of rotatable bonds is 7. The number of hydrogen-bond acceptors (Lipinski definition) is 6. The van der Waals surface area contributed by atoms with Crippen molar-refractivity contribution >= 4 is 0 Å². The highest BCUT2D eigenvalue weighted by Gasteiger charge is 2.25. The molecule has 1 saturated heterocycles. The summed E-state index contributed by atoms with van der Waals surface area (Å²) in [6.45, 7) is 8.13. The van der Waals surface area contributed by atoms with E-state index in [9.17, 15) is 13.6 Å². The van der Waals surface area contributed by atoms with Gasteiger partial charge in [-0.25, -0.2) is 13.5 Å². The maximum atomic E-state index is 13.7. The van der Waals surface area contributed by atoms with Crippen LogP contribution in [0.2, 0.25) is 0 Å². The topological polar surface area (TPSA) is 78.1 Å². The summed E-state index contributed by atoms with van der Waals surface area (Å²) in [7, 11) is 0. The smallest absolute Gasteiger partial charge is 0.267 e. The quantitative estimate of drug-likeness (QED) is 0.213. The van der Waals surface area contributed by atoms with Crippen molar-refractivity contribution in [2.75, 3.05) is 13.1 Å². The van der Waals surface area contributed by atoms with Crippen molar-refractivity contribution in [3.8, 4) is 33.6 Å². The Morgan fingerprint density at radius 3 is 2.30 bits per heavy atom. The minimum atomic E-state index is -0.706. The maximum absolute atomic E-state index is 13.7. The van der Waals surface area contributed by atoms with Crippen molar-refractivity contribution in [3.63, 3.8) is 0 Å².